The lowest BCUT2D eigenvalue weighted by molar-refractivity contribution is -0.271. The number of carboxylic acids is 1. The molecule has 4 rings (SSSR count). The zero-order valence-corrected chi connectivity index (χ0v) is 17.1. The molecule has 1 aliphatic rings. The first-order valence-corrected chi connectivity index (χ1v) is 9.75. The molecule has 5 N–H and O–H groups in total. The standard InChI is InChI=1S/C22H20O11/c1-30-12-7-6-9(19-16(25)14(23)10-4-2-3-5-11(10)31-19)8-13(12)32-22-18(27)15(24)17(26)20(33-22)21(28)29/h2-8,15,17-18,20,22,24-27H,1H3,(H,28,29)/t15-,17-,18+,20-,22+/m1/s1. The first-order valence-electron chi connectivity index (χ1n) is 9.75. The number of hydrogen-bond acceptors (Lipinski definition) is 10. The summed E-state index contributed by atoms with van der Waals surface area (Å²) >= 11 is 0. The Hall–Kier alpha value is -3.64. The average Bonchev–Trinajstić information content (AvgIpc) is 2.81. The Morgan fingerprint density at radius 3 is 2.42 bits per heavy atom. The van der Waals surface area contributed by atoms with Gasteiger partial charge < -0.3 is 44.2 Å². The molecule has 33 heavy (non-hydrogen) atoms. The van der Waals surface area contributed by atoms with Crippen LogP contribution < -0.4 is 14.9 Å². The lowest BCUT2D eigenvalue weighted by Crippen LogP contribution is -2.61. The first kappa shape index (κ1) is 22.6. The van der Waals surface area contributed by atoms with E-state index in [4.69, 9.17) is 18.6 Å². The van der Waals surface area contributed by atoms with Crippen molar-refractivity contribution in [2.45, 2.75) is 30.7 Å². The number of carbonyl (C=O) groups is 1. The summed E-state index contributed by atoms with van der Waals surface area (Å²) in [6.07, 6.45) is -9.08. The predicted octanol–water partition coefficient (Wildman–Crippen LogP) is 0.445. The van der Waals surface area contributed by atoms with E-state index in [0.717, 1.165) is 0 Å². The Bertz CT molecular complexity index is 1250. The molecule has 11 nitrogen and oxygen atoms in total. The predicted molar refractivity (Wildman–Crippen MR) is 111 cm³/mol. The minimum atomic E-state index is -1.88. The van der Waals surface area contributed by atoms with Gasteiger partial charge in [-0.3, -0.25) is 4.79 Å². The van der Waals surface area contributed by atoms with Crippen LogP contribution in [0.5, 0.6) is 17.2 Å². The molecule has 0 unspecified atom stereocenters. The normalized spacial score (nSPS) is 25.0. The third-order valence-corrected chi connectivity index (χ3v) is 5.26. The van der Waals surface area contributed by atoms with E-state index in [2.05, 4.69) is 0 Å². The minimum absolute atomic E-state index is 0.0815. The summed E-state index contributed by atoms with van der Waals surface area (Å²) in [7, 11) is 1.33. The van der Waals surface area contributed by atoms with Crippen LogP contribution in [0.1, 0.15) is 0 Å². The molecule has 0 amide bonds. The van der Waals surface area contributed by atoms with Crippen molar-refractivity contribution in [3.05, 3.63) is 52.7 Å². The number of aliphatic carboxylic acids is 1. The summed E-state index contributed by atoms with van der Waals surface area (Å²) in [5, 5.41) is 49.9. The molecular weight excluding hydrogens is 440 g/mol. The number of aliphatic hydroxyl groups excluding tert-OH is 3. The van der Waals surface area contributed by atoms with Crippen LogP contribution in [0, 0.1) is 0 Å². The molecule has 11 heteroatoms. The van der Waals surface area contributed by atoms with Gasteiger partial charge in [0.2, 0.25) is 17.5 Å². The SMILES string of the molecule is COc1ccc(-c2oc3ccccc3c(=O)c2O)cc1O[C@H]1O[C@@H](C(=O)O)[C@H](O)[C@@H](O)[C@@H]1O. The number of aromatic hydroxyl groups is 1. The Morgan fingerprint density at radius 2 is 1.73 bits per heavy atom. The van der Waals surface area contributed by atoms with Gasteiger partial charge in [-0.15, -0.1) is 0 Å². The van der Waals surface area contributed by atoms with Gasteiger partial charge in [0.25, 0.3) is 0 Å². The summed E-state index contributed by atoms with van der Waals surface area (Å²) in [6, 6.07) is 10.6. The Labute approximate surface area is 185 Å². The molecule has 0 spiro atoms. The summed E-state index contributed by atoms with van der Waals surface area (Å²) in [5.74, 6) is -2.31. The number of aliphatic hydroxyl groups is 3. The molecule has 5 atom stereocenters. The highest BCUT2D eigenvalue weighted by atomic mass is 16.7. The zero-order chi connectivity index (χ0) is 23.9. The highest BCUT2D eigenvalue weighted by Gasteiger charge is 2.48. The van der Waals surface area contributed by atoms with Gasteiger partial charge in [-0.05, 0) is 30.3 Å². The Morgan fingerprint density at radius 1 is 1.00 bits per heavy atom. The van der Waals surface area contributed by atoms with Crippen molar-refractivity contribution < 1.29 is 49.0 Å². The molecule has 0 radical (unpaired) electrons. The summed E-state index contributed by atoms with van der Waals surface area (Å²) < 4.78 is 21.6. The number of hydrogen-bond donors (Lipinski definition) is 5. The van der Waals surface area contributed by atoms with E-state index in [9.17, 15) is 35.1 Å². The summed E-state index contributed by atoms with van der Waals surface area (Å²) in [5.41, 5.74) is -0.203. The van der Waals surface area contributed by atoms with E-state index in [1.54, 1.807) is 18.2 Å². The smallest absolute Gasteiger partial charge is 0.335 e. The highest BCUT2D eigenvalue weighted by molar-refractivity contribution is 5.82. The van der Waals surface area contributed by atoms with Gasteiger partial charge in [-0.2, -0.15) is 0 Å². The van der Waals surface area contributed by atoms with E-state index in [1.165, 1.54) is 31.4 Å². The molecule has 2 aromatic carbocycles. The van der Waals surface area contributed by atoms with Gasteiger partial charge >= 0.3 is 5.97 Å². The largest absolute Gasteiger partial charge is 0.502 e. The van der Waals surface area contributed by atoms with Crippen molar-refractivity contribution in [3.63, 3.8) is 0 Å². The van der Waals surface area contributed by atoms with E-state index in [1.807, 2.05) is 0 Å². The van der Waals surface area contributed by atoms with E-state index >= 15 is 0 Å². The molecule has 174 valence electrons. The number of ether oxygens (including phenoxy) is 3. The van der Waals surface area contributed by atoms with Gasteiger partial charge in [0.1, 0.15) is 23.9 Å². The quantitative estimate of drug-likeness (QED) is 0.357. The van der Waals surface area contributed by atoms with Crippen LogP contribution in [0.3, 0.4) is 0 Å². The second-order valence-corrected chi connectivity index (χ2v) is 7.32. The lowest BCUT2D eigenvalue weighted by atomic mass is 9.99. The fourth-order valence-corrected chi connectivity index (χ4v) is 3.51. The van der Waals surface area contributed by atoms with Gasteiger partial charge in [-0.25, -0.2) is 4.79 Å². The van der Waals surface area contributed by atoms with Crippen LogP contribution in [0.4, 0.5) is 0 Å². The molecule has 1 fully saturated rings. The van der Waals surface area contributed by atoms with Crippen LogP contribution >= 0.6 is 0 Å². The summed E-state index contributed by atoms with van der Waals surface area (Å²) in [6.45, 7) is 0. The minimum Gasteiger partial charge on any atom is -0.502 e. The maximum atomic E-state index is 12.5. The number of rotatable bonds is 5. The Balaban J connectivity index is 1.74. The maximum Gasteiger partial charge on any atom is 0.335 e. The molecule has 3 aromatic rings. The molecule has 0 aliphatic carbocycles. The molecule has 0 saturated carbocycles. The number of para-hydroxylation sites is 1. The number of carboxylic acid groups (broad SMARTS) is 1. The second kappa shape index (κ2) is 8.71. The maximum absolute atomic E-state index is 12.5. The Kier molecular flexibility index (Phi) is 5.95. The zero-order valence-electron chi connectivity index (χ0n) is 17.1. The van der Waals surface area contributed by atoms with Crippen molar-refractivity contribution in [1.82, 2.24) is 0 Å². The van der Waals surface area contributed by atoms with Gasteiger partial charge in [-0.1, -0.05) is 12.1 Å². The first-order chi connectivity index (χ1) is 15.7. The second-order valence-electron chi connectivity index (χ2n) is 7.32. The van der Waals surface area contributed by atoms with Gasteiger partial charge in [0, 0.05) is 5.56 Å². The van der Waals surface area contributed by atoms with Crippen LogP contribution in [0.25, 0.3) is 22.3 Å². The molecule has 1 aromatic heterocycles. The molecule has 2 heterocycles. The van der Waals surface area contributed by atoms with Crippen molar-refractivity contribution in [2.75, 3.05) is 7.11 Å². The van der Waals surface area contributed by atoms with Crippen molar-refractivity contribution in [3.8, 4) is 28.6 Å². The third kappa shape index (κ3) is 3.98. The van der Waals surface area contributed by atoms with Crippen LogP contribution in [0.15, 0.2) is 51.7 Å². The number of methoxy groups -OCH3 is 1. The topological polar surface area (TPSA) is 176 Å². The molecule has 0 bridgehead atoms. The van der Waals surface area contributed by atoms with Crippen molar-refractivity contribution >= 4 is 16.9 Å². The van der Waals surface area contributed by atoms with E-state index in [-0.39, 0.29) is 33.8 Å². The third-order valence-electron chi connectivity index (χ3n) is 5.26. The summed E-state index contributed by atoms with van der Waals surface area (Å²) in [4.78, 5) is 23.9. The van der Waals surface area contributed by atoms with Crippen molar-refractivity contribution in [2.24, 2.45) is 0 Å². The fraction of sp³-hybridized carbons (Fsp3) is 0.273. The highest BCUT2D eigenvalue weighted by Crippen LogP contribution is 2.38. The number of fused-ring (bicyclic) bond motifs is 1. The van der Waals surface area contributed by atoms with E-state index < -0.39 is 47.9 Å². The van der Waals surface area contributed by atoms with Crippen LogP contribution in [-0.2, 0) is 9.53 Å². The number of benzene rings is 2. The van der Waals surface area contributed by atoms with Crippen molar-refractivity contribution in [1.29, 1.82) is 0 Å². The lowest BCUT2D eigenvalue weighted by Gasteiger charge is -2.38. The molecular formula is C22H20O11. The molecule has 1 aliphatic heterocycles. The van der Waals surface area contributed by atoms with Crippen LogP contribution in [0.2, 0.25) is 0 Å². The van der Waals surface area contributed by atoms with E-state index in [0.29, 0.717) is 0 Å². The average molecular weight is 460 g/mol. The molecule has 1 saturated heterocycles. The van der Waals surface area contributed by atoms with Gasteiger partial charge in [0.15, 0.2) is 23.4 Å². The van der Waals surface area contributed by atoms with Gasteiger partial charge in [0.05, 0.1) is 12.5 Å². The fourth-order valence-electron chi connectivity index (χ4n) is 3.51. The van der Waals surface area contributed by atoms with Crippen LogP contribution in [-0.4, -0.2) is 69.3 Å². The monoisotopic (exact) mass is 460 g/mol.